The quantitative estimate of drug-likeness (QED) is 0.145. The largest absolute Gasteiger partial charge is 0.464 e. The van der Waals surface area contributed by atoms with E-state index in [4.69, 9.17) is 4.74 Å². The summed E-state index contributed by atoms with van der Waals surface area (Å²) in [6.45, 7) is 3.76. The molecule has 0 aliphatic carbocycles. The first-order valence-corrected chi connectivity index (χ1v) is 14.7. The van der Waals surface area contributed by atoms with E-state index < -0.39 is 16.1 Å². The Morgan fingerprint density at radius 3 is 2.54 bits per heavy atom. The van der Waals surface area contributed by atoms with Gasteiger partial charge in [0, 0.05) is 12.5 Å². The van der Waals surface area contributed by atoms with Crippen LogP contribution in [0.25, 0.3) is 11.1 Å². The summed E-state index contributed by atoms with van der Waals surface area (Å²) in [5, 5.41) is 4.85. The molecule has 7 nitrogen and oxygen atoms in total. The highest BCUT2D eigenvalue weighted by atomic mass is 32.2. The molecular weight excluding hydrogens is 530 g/mol. The number of nitrogens with one attached hydrogen (secondary N) is 2. The summed E-state index contributed by atoms with van der Waals surface area (Å²) in [6.07, 6.45) is 0.399. The molecule has 2 aromatic heterocycles. The fourth-order valence-corrected chi connectivity index (χ4v) is 6.19. The molecule has 0 saturated heterocycles. The Balaban J connectivity index is 1.57. The lowest BCUT2D eigenvalue weighted by molar-refractivity contribution is -0.140. The van der Waals surface area contributed by atoms with E-state index in [1.807, 2.05) is 61.5 Å². The molecule has 0 aliphatic rings. The maximum Gasteiger partial charge on any atom is 0.302 e. The molecule has 1 unspecified atom stereocenters. The first kappa shape index (κ1) is 28.0. The van der Waals surface area contributed by atoms with Crippen molar-refractivity contribution in [3.05, 3.63) is 101 Å². The van der Waals surface area contributed by atoms with Crippen LogP contribution in [0.5, 0.6) is 0 Å². The van der Waals surface area contributed by atoms with Gasteiger partial charge in [-0.05, 0) is 65.7 Å². The van der Waals surface area contributed by atoms with E-state index in [1.165, 1.54) is 6.92 Å². The molecule has 200 valence electrons. The van der Waals surface area contributed by atoms with Gasteiger partial charge in [0.25, 0.3) is 10.0 Å². The molecule has 2 aromatic carbocycles. The standard InChI is InChI=1S/C30H29N3O4S2/c1-3-7-23-8-4-9-26(20-23)25-15-13-24(14-16-25)21-28(33-39(35,36)30-12-6-19-38-30)27-10-5-11-29(32-27)31-17-18-37-22(2)34/h4-6,8-16,19-20,28,33H,17-18,21H2,1-2H3,(H,31,32). The van der Waals surface area contributed by atoms with Gasteiger partial charge >= 0.3 is 5.97 Å². The predicted molar refractivity (Wildman–Crippen MR) is 155 cm³/mol. The topological polar surface area (TPSA) is 97.4 Å². The smallest absolute Gasteiger partial charge is 0.302 e. The summed E-state index contributed by atoms with van der Waals surface area (Å²) in [7, 11) is -3.75. The number of carbonyl (C=O) groups is 1. The van der Waals surface area contributed by atoms with Crippen LogP contribution >= 0.6 is 11.3 Å². The summed E-state index contributed by atoms with van der Waals surface area (Å²) in [5.74, 6) is 6.22. The van der Waals surface area contributed by atoms with Crippen LogP contribution in [0.1, 0.15) is 36.7 Å². The molecule has 0 spiro atoms. The van der Waals surface area contributed by atoms with Crippen LogP contribution in [0.15, 0.2) is 88.5 Å². The van der Waals surface area contributed by atoms with Crippen LogP contribution in [0.4, 0.5) is 5.82 Å². The Kier molecular flexibility index (Phi) is 9.49. The number of carbonyl (C=O) groups excluding carboxylic acids is 1. The highest BCUT2D eigenvalue weighted by Gasteiger charge is 2.24. The van der Waals surface area contributed by atoms with Crippen molar-refractivity contribution < 1.29 is 17.9 Å². The number of nitrogens with zero attached hydrogens (tertiary/aromatic N) is 1. The zero-order valence-corrected chi connectivity index (χ0v) is 23.3. The van der Waals surface area contributed by atoms with Crippen LogP contribution < -0.4 is 10.0 Å². The van der Waals surface area contributed by atoms with Crippen LogP contribution in [0, 0.1) is 11.8 Å². The average molecular weight is 560 g/mol. The maximum absolute atomic E-state index is 13.1. The molecule has 2 heterocycles. The number of ether oxygens (including phenoxy) is 1. The number of esters is 1. The number of anilines is 1. The van der Waals surface area contributed by atoms with E-state index in [2.05, 4.69) is 26.9 Å². The Hall–Kier alpha value is -3.97. The summed E-state index contributed by atoms with van der Waals surface area (Å²) < 4.78 is 34.3. The van der Waals surface area contributed by atoms with Gasteiger partial charge in [-0.2, -0.15) is 0 Å². The number of hydrogen-bond donors (Lipinski definition) is 2. The fraction of sp³-hybridized carbons (Fsp3) is 0.200. The van der Waals surface area contributed by atoms with Crippen molar-refractivity contribution in [2.75, 3.05) is 18.5 Å². The number of aromatic nitrogens is 1. The van der Waals surface area contributed by atoms with Gasteiger partial charge in [0.1, 0.15) is 16.6 Å². The Morgan fingerprint density at radius 1 is 1.03 bits per heavy atom. The van der Waals surface area contributed by atoms with E-state index in [9.17, 15) is 13.2 Å². The molecule has 4 rings (SSSR count). The second-order valence-electron chi connectivity index (χ2n) is 8.68. The monoisotopic (exact) mass is 559 g/mol. The van der Waals surface area contributed by atoms with Gasteiger partial charge in [0.15, 0.2) is 0 Å². The van der Waals surface area contributed by atoms with Crippen molar-refractivity contribution in [3.63, 3.8) is 0 Å². The van der Waals surface area contributed by atoms with E-state index in [1.54, 1.807) is 29.6 Å². The van der Waals surface area contributed by atoms with Gasteiger partial charge in [-0.15, -0.1) is 17.3 Å². The molecule has 0 radical (unpaired) electrons. The zero-order chi connectivity index (χ0) is 27.7. The van der Waals surface area contributed by atoms with Gasteiger partial charge in [0.05, 0.1) is 18.3 Å². The van der Waals surface area contributed by atoms with Crippen LogP contribution in [-0.4, -0.2) is 32.5 Å². The van der Waals surface area contributed by atoms with Gasteiger partial charge in [0.2, 0.25) is 0 Å². The minimum absolute atomic E-state index is 0.204. The first-order chi connectivity index (χ1) is 18.8. The van der Waals surface area contributed by atoms with Crippen molar-refractivity contribution in [2.45, 2.75) is 30.5 Å². The van der Waals surface area contributed by atoms with E-state index >= 15 is 0 Å². The fourth-order valence-electron chi connectivity index (χ4n) is 3.98. The number of sulfonamides is 1. The summed E-state index contributed by atoms with van der Waals surface area (Å²) >= 11 is 1.16. The molecule has 0 aliphatic heterocycles. The lowest BCUT2D eigenvalue weighted by atomic mass is 9.98. The van der Waals surface area contributed by atoms with E-state index in [0.717, 1.165) is 33.6 Å². The number of pyridine rings is 1. The highest BCUT2D eigenvalue weighted by Crippen LogP contribution is 2.26. The molecule has 9 heteroatoms. The van der Waals surface area contributed by atoms with Gasteiger partial charge < -0.3 is 10.1 Å². The molecule has 1 atom stereocenters. The normalized spacial score (nSPS) is 11.7. The third kappa shape index (κ3) is 8.01. The molecule has 2 N–H and O–H groups in total. The van der Waals surface area contributed by atoms with Crippen molar-refractivity contribution in [3.8, 4) is 23.0 Å². The van der Waals surface area contributed by atoms with Crippen molar-refractivity contribution in [1.82, 2.24) is 9.71 Å². The third-order valence-electron chi connectivity index (χ3n) is 5.76. The molecule has 0 saturated carbocycles. The second kappa shape index (κ2) is 13.2. The van der Waals surface area contributed by atoms with Gasteiger partial charge in [-0.3, -0.25) is 4.79 Å². The first-order valence-electron chi connectivity index (χ1n) is 12.4. The average Bonchev–Trinajstić information content (AvgIpc) is 3.48. The van der Waals surface area contributed by atoms with Gasteiger partial charge in [-0.1, -0.05) is 54.5 Å². The van der Waals surface area contributed by atoms with E-state index in [0.29, 0.717) is 24.5 Å². The maximum atomic E-state index is 13.1. The van der Waals surface area contributed by atoms with Crippen molar-refractivity contribution in [2.24, 2.45) is 0 Å². The third-order valence-corrected chi connectivity index (χ3v) is 8.63. The lowest BCUT2D eigenvalue weighted by Crippen LogP contribution is -2.30. The highest BCUT2D eigenvalue weighted by molar-refractivity contribution is 7.91. The van der Waals surface area contributed by atoms with Crippen LogP contribution in [0.3, 0.4) is 0 Å². The van der Waals surface area contributed by atoms with E-state index in [-0.39, 0.29) is 16.8 Å². The molecule has 0 amide bonds. The minimum atomic E-state index is -3.75. The summed E-state index contributed by atoms with van der Waals surface area (Å²) in [4.78, 5) is 15.7. The van der Waals surface area contributed by atoms with Crippen molar-refractivity contribution >= 4 is 33.1 Å². The predicted octanol–water partition coefficient (Wildman–Crippen LogP) is 5.42. The minimum Gasteiger partial charge on any atom is -0.464 e. The second-order valence-corrected chi connectivity index (χ2v) is 11.6. The Labute approximate surface area is 233 Å². The van der Waals surface area contributed by atoms with Gasteiger partial charge in [-0.25, -0.2) is 18.1 Å². The summed E-state index contributed by atoms with van der Waals surface area (Å²) in [5.41, 5.74) is 4.59. The molecule has 0 fully saturated rings. The Morgan fingerprint density at radius 2 is 1.82 bits per heavy atom. The van der Waals surface area contributed by atoms with Crippen molar-refractivity contribution in [1.29, 1.82) is 0 Å². The zero-order valence-electron chi connectivity index (χ0n) is 21.7. The number of benzene rings is 2. The number of thiophene rings is 1. The number of hydrogen-bond acceptors (Lipinski definition) is 7. The Bertz CT molecular complexity index is 1570. The SMILES string of the molecule is CC#Cc1cccc(-c2ccc(CC(NS(=O)(=O)c3cccs3)c3cccc(NCCOC(C)=O)n3)cc2)c1. The molecular formula is C30H29N3O4S2. The molecule has 39 heavy (non-hydrogen) atoms. The molecule has 0 bridgehead atoms. The van der Waals surface area contributed by atoms with Crippen LogP contribution in [-0.2, 0) is 26.0 Å². The number of rotatable bonds is 11. The molecule has 4 aromatic rings. The summed E-state index contributed by atoms with van der Waals surface area (Å²) in [6, 6.07) is 24.2. The lowest BCUT2D eigenvalue weighted by Gasteiger charge is -2.19. The van der Waals surface area contributed by atoms with Crippen LogP contribution in [0.2, 0.25) is 0 Å².